The van der Waals surface area contributed by atoms with Gasteiger partial charge in [0.1, 0.15) is 24.4 Å². The molecule has 0 radical (unpaired) electrons. The van der Waals surface area contributed by atoms with E-state index in [-0.39, 0.29) is 23.0 Å². The molecule has 3 heterocycles. The Kier molecular flexibility index (Phi) is 7.64. The van der Waals surface area contributed by atoms with E-state index in [0.29, 0.717) is 47.8 Å². The molecule has 42 heavy (non-hydrogen) atoms. The maximum absolute atomic E-state index is 11.8. The van der Waals surface area contributed by atoms with Crippen molar-refractivity contribution in [2.75, 3.05) is 13.2 Å². The highest BCUT2D eigenvalue weighted by molar-refractivity contribution is 5.16. The van der Waals surface area contributed by atoms with Gasteiger partial charge in [-0.05, 0) is 91.3 Å². The Hall–Kier alpha value is -0.360. The highest BCUT2D eigenvalue weighted by Crippen LogP contribution is 2.71. The van der Waals surface area contributed by atoms with Crippen molar-refractivity contribution in [3.63, 3.8) is 0 Å². The molecule has 4 saturated carbocycles. The summed E-state index contributed by atoms with van der Waals surface area (Å²) < 4.78 is 25.2. The molecule has 0 amide bonds. The number of hydrogen-bond acceptors (Lipinski definition) is 9. The summed E-state index contributed by atoms with van der Waals surface area (Å²) >= 11 is 0. The van der Waals surface area contributed by atoms with E-state index < -0.39 is 49.2 Å². The van der Waals surface area contributed by atoms with E-state index in [2.05, 4.69) is 27.7 Å². The molecule has 0 bridgehead atoms. The first-order valence-corrected chi connectivity index (χ1v) is 16.9. The van der Waals surface area contributed by atoms with Gasteiger partial charge in [0, 0.05) is 18.8 Å². The van der Waals surface area contributed by atoms with Gasteiger partial charge in [0.05, 0.1) is 31.5 Å². The highest BCUT2D eigenvalue weighted by atomic mass is 16.7. The van der Waals surface area contributed by atoms with Crippen LogP contribution in [0.4, 0.5) is 0 Å². The summed E-state index contributed by atoms with van der Waals surface area (Å²) in [6.45, 7) is 9.82. The lowest BCUT2D eigenvalue weighted by molar-refractivity contribution is -0.320. The molecule has 1 spiro atoms. The predicted molar refractivity (Wildman–Crippen MR) is 152 cm³/mol. The number of hydrogen-bond donors (Lipinski definition) is 5. The van der Waals surface area contributed by atoms with E-state index in [4.69, 9.17) is 18.9 Å². The largest absolute Gasteiger partial charge is 0.394 e. The summed E-state index contributed by atoms with van der Waals surface area (Å²) in [5, 5.41) is 52.3. The van der Waals surface area contributed by atoms with Crippen LogP contribution in [0.2, 0.25) is 0 Å². The van der Waals surface area contributed by atoms with E-state index in [1.54, 1.807) is 0 Å². The molecule has 18 atom stereocenters. The van der Waals surface area contributed by atoms with Crippen LogP contribution in [0.1, 0.15) is 85.5 Å². The molecule has 0 unspecified atom stereocenters. The molecule has 3 aliphatic heterocycles. The zero-order valence-corrected chi connectivity index (χ0v) is 25.8. The maximum Gasteiger partial charge on any atom is 0.186 e. The summed E-state index contributed by atoms with van der Waals surface area (Å²) in [5.74, 6) is 3.04. The van der Waals surface area contributed by atoms with E-state index in [9.17, 15) is 25.5 Å². The number of ether oxygens (including phenoxy) is 4. The van der Waals surface area contributed by atoms with Gasteiger partial charge in [-0.25, -0.2) is 0 Å². The van der Waals surface area contributed by atoms with Crippen molar-refractivity contribution in [2.45, 2.75) is 140 Å². The van der Waals surface area contributed by atoms with Crippen LogP contribution in [0.3, 0.4) is 0 Å². The molecule has 7 aliphatic rings. The normalized spacial score (nSPS) is 60.9. The van der Waals surface area contributed by atoms with Gasteiger partial charge in [-0.2, -0.15) is 0 Å². The molecular weight excluding hydrogens is 540 g/mol. The van der Waals surface area contributed by atoms with E-state index in [0.717, 1.165) is 45.1 Å². The van der Waals surface area contributed by atoms with Gasteiger partial charge in [0.2, 0.25) is 0 Å². The smallest absolute Gasteiger partial charge is 0.186 e. The van der Waals surface area contributed by atoms with E-state index >= 15 is 0 Å². The first kappa shape index (κ1) is 30.3. The van der Waals surface area contributed by atoms with E-state index in [1.807, 2.05) is 0 Å². The first-order chi connectivity index (χ1) is 19.9. The standard InChI is InChI=1S/C33H54O9/c1-16-7-10-33(39-15-16)17(2)26-23(42-33)13-22-20-6-5-18-11-19(40-30-29(38)28(37)27(36)24(14-34)41-30)12-25(35)32(18,4)21(20)8-9-31(22,26)3/h16-30,34-38H,5-15H2,1-4H3/t16-,17-,18-,19-,20+,21-,22-,23-,24+,25+,26-,27+,28-,29+,30+,31-,32-,33+/m0/s1. The quantitative estimate of drug-likeness (QED) is 0.312. The van der Waals surface area contributed by atoms with Gasteiger partial charge in [-0.1, -0.05) is 27.7 Å². The van der Waals surface area contributed by atoms with E-state index in [1.165, 1.54) is 12.8 Å². The SMILES string of the molecule is C[C@H]1CC[C@@]2(OC1)O[C@H]1C[C@H]3[C@@H]4CC[C@H]5C[C@H](O[C@@H]6O[C@H](CO)[C@@H](O)[C@H](O)[C@H]6O)C[C@@H](O)[C@]5(C)[C@H]4CC[C@]3(C)[C@H]1[C@@H]2C. The third-order valence-electron chi connectivity index (χ3n) is 14.2. The molecule has 9 heteroatoms. The topological polar surface area (TPSA) is 138 Å². The van der Waals surface area contributed by atoms with Crippen molar-refractivity contribution in [2.24, 2.45) is 52.3 Å². The van der Waals surface area contributed by atoms with Gasteiger partial charge in [-0.3, -0.25) is 0 Å². The zero-order valence-electron chi connectivity index (χ0n) is 25.8. The van der Waals surface area contributed by atoms with Crippen molar-refractivity contribution >= 4 is 0 Å². The van der Waals surface area contributed by atoms with Gasteiger partial charge < -0.3 is 44.5 Å². The minimum Gasteiger partial charge on any atom is -0.394 e. The molecule has 3 saturated heterocycles. The molecule has 4 aliphatic carbocycles. The summed E-state index contributed by atoms with van der Waals surface area (Å²) in [6.07, 6.45) is 1.89. The Morgan fingerprint density at radius 1 is 0.857 bits per heavy atom. The minimum absolute atomic E-state index is 0.201. The van der Waals surface area contributed by atoms with Crippen LogP contribution >= 0.6 is 0 Å². The first-order valence-electron chi connectivity index (χ1n) is 16.9. The maximum atomic E-state index is 11.8. The summed E-state index contributed by atoms with van der Waals surface area (Å²) in [7, 11) is 0. The summed E-state index contributed by atoms with van der Waals surface area (Å²) in [6, 6.07) is 0. The van der Waals surface area contributed by atoms with Crippen molar-refractivity contribution in [1.29, 1.82) is 0 Å². The average molecular weight is 595 g/mol. The summed E-state index contributed by atoms with van der Waals surface area (Å²) in [5.41, 5.74) is 0.0340. The molecule has 0 aromatic rings. The van der Waals surface area contributed by atoms with Crippen LogP contribution in [0.5, 0.6) is 0 Å². The fourth-order valence-electron chi connectivity index (χ4n) is 11.8. The second-order valence-electron chi connectivity index (χ2n) is 16.0. The lowest BCUT2D eigenvalue weighted by Crippen LogP contribution is -2.62. The Labute approximate surface area is 250 Å². The molecule has 5 N–H and O–H groups in total. The van der Waals surface area contributed by atoms with Crippen LogP contribution < -0.4 is 0 Å². The van der Waals surface area contributed by atoms with Gasteiger partial charge in [0.15, 0.2) is 12.1 Å². The molecule has 7 rings (SSSR count). The molecule has 0 aromatic carbocycles. The Morgan fingerprint density at radius 3 is 2.36 bits per heavy atom. The van der Waals surface area contributed by atoms with Crippen LogP contribution in [-0.2, 0) is 18.9 Å². The van der Waals surface area contributed by atoms with Crippen molar-refractivity contribution in [1.82, 2.24) is 0 Å². The van der Waals surface area contributed by atoms with Crippen molar-refractivity contribution in [3.8, 4) is 0 Å². The lowest BCUT2D eigenvalue weighted by Gasteiger charge is -2.62. The molecule has 240 valence electrons. The second-order valence-corrected chi connectivity index (χ2v) is 16.0. The van der Waals surface area contributed by atoms with Crippen LogP contribution in [0.25, 0.3) is 0 Å². The molecule has 9 nitrogen and oxygen atoms in total. The molecule has 0 aromatic heterocycles. The molecular formula is C33H54O9. The lowest BCUT2D eigenvalue weighted by atomic mass is 9.43. The Morgan fingerprint density at radius 2 is 1.64 bits per heavy atom. The van der Waals surface area contributed by atoms with Crippen LogP contribution in [-0.4, -0.2) is 93.6 Å². The van der Waals surface area contributed by atoms with Crippen LogP contribution in [0.15, 0.2) is 0 Å². The minimum atomic E-state index is -1.47. The predicted octanol–water partition coefficient (Wildman–Crippen LogP) is 2.59. The molecule has 7 fully saturated rings. The number of rotatable bonds is 3. The monoisotopic (exact) mass is 594 g/mol. The third kappa shape index (κ3) is 4.28. The fourth-order valence-corrected chi connectivity index (χ4v) is 11.8. The van der Waals surface area contributed by atoms with Crippen LogP contribution in [0, 0.1) is 52.3 Å². The number of fused-ring (bicyclic) bond motifs is 7. The second kappa shape index (κ2) is 10.6. The fraction of sp³-hybridized carbons (Fsp3) is 1.00. The average Bonchev–Trinajstić information content (AvgIpc) is 3.41. The Balaban J connectivity index is 1.05. The van der Waals surface area contributed by atoms with Crippen molar-refractivity contribution in [3.05, 3.63) is 0 Å². The number of aliphatic hydroxyl groups excluding tert-OH is 5. The number of aliphatic hydroxyl groups is 5. The van der Waals surface area contributed by atoms with Gasteiger partial charge >= 0.3 is 0 Å². The van der Waals surface area contributed by atoms with Crippen molar-refractivity contribution < 1.29 is 44.5 Å². The Bertz CT molecular complexity index is 1000. The zero-order chi connectivity index (χ0) is 29.8. The highest BCUT2D eigenvalue weighted by Gasteiger charge is 2.70. The third-order valence-corrected chi connectivity index (χ3v) is 14.2. The van der Waals surface area contributed by atoms with Gasteiger partial charge in [0.25, 0.3) is 0 Å². The van der Waals surface area contributed by atoms with Gasteiger partial charge in [-0.15, -0.1) is 0 Å². The summed E-state index contributed by atoms with van der Waals surface area (Å²) in [4.78, 5) is 0.